The van der Waals surface area contributed by atoms with E-state index < -0.39 is 0 Å². The Bertz CT molecular complexity index is 339. The zero-order valence-corrected chi connectivity index (χ0v) is 8.32. The Hall–Kier alpha value is -0.820. The maximum Gasteiger partial charge on any atom is 0.0823 e. The van der Waals surface area contributed by atoms with Crippen LogP contribution in [0.5, 0.6) is 0 Å². The van der Waals surface area contributed by atoms with E-state index in [2.05, 4.69) is 30.4 Å². The van der Waals surface area contributed by atoms with E-state index in [0.29, 0.717) is 0 Å². The Balaban J connectivity index is 2.14. The van der Waals surface area contributed by atoms with Crippen molar-refractivity contribution in [3.8, 4) is 0 Å². The van der Waals surface area contributed by atoms with Crippen molar-refractivity contribution in [2.24, 2.45) is 10.8 Å². The highest BCUT2D eigenvalue weighted by Gasteiger charge is 2.55. The van der Waals surface area contributed by atoms with Crippen LogP contribution in [-0.2, 0) is 0 Å². The monoisotopic (exact) mass is 188 g/mol. The molecule has 74 valence electrons. The fourth-order valence-electron chi connectivity index (χ4n) is 3.48. The molecule has 0 amide bonds. The predicted octanol–water partition coefficient (Wildman–Crippen LogP) is 2.59. The lowest BCUT2D eigenvalue weighted by Gasteiger charge is -2.49. The van der Waals surface area contributed by atoms with Crippen LogP contribution in [0.4, 0.5) is 0 Å². The molecule has 14 heavy (non-hydrogen) atoms. The summed E-state index contributed by atoms with van der Waals surface area (Å²) in [6.07, 6.45) is 17.6. The number of hydrogen-bond donors (Lipinski definition) is 1. The number of rotatable bonds is 0. The Morgan fingerprint density at radius 3 is 2.64 bits per heavy atom. The first kappa shape index (κ1) is 8.49. The molecular formula is C13H16O. The van der Waals surface area contributed by atoms with E-state index >= 15 is 0 Å². The second-order valence-electron chi connectivity index (χ2n) is 4.81. The van der Waals surface area contributed by atoms with Crippen molar-refractivity contribution in [2.75, 3.05) is 0 Å². The quantitative estimate of drug-likeness (QED) is 0.579. The van der Waals surface area contributed by atoms with Crippen LogP contribution in [0.15, 0.2) is 36.5 Å². The molecule has 0 aromatic carbocycles. The van der Waals surface area contributed by atoms with Gasteiger partial charge in [0, 0.05) is 10.8 Å². The molecule has 1 nitrogen and oxygen atoms in total. The lowest BCUT2D eigenvalue weighted by atomic mass is 9.55. The number of hydrogen-bond acceptors (Lipinski definition) is 1. The van der Waals surface area contributed by atoms with E-state index in [1.807, 2.05) is 6.08 Å². The van der Waals surface area contributed by atoms with Gasteiger partial charge < -0.3 is 5.11 Å². The Morgan fingerprint density at radius 2 is 1.79 bits per heavy atom. The van der Waals surface area contributed by atoms with Crippen LogP contribution in [0, 0.1) is 10.8 Å². The normalized spacial score (nSPS) is 49.1. The summed E-state index contributed by atoms with van der Waals surface area (Å²) in [7, 11) is 0. The topological polar surface area (TPSA) is 20.2 Å². The molecule has 0 bridgehead atoms. The largest absolute Gasteiger partial charge is 0.388 e. The minimum Gasteiger partial charge on any atom is -0.388 e. The highest BCUT2D eigenvalue weighted by atomic mass is 16.3. The van der Waals surface area contributed by atoms with Crippen LogP contribution >= 0.6 is 0 Å². The molecule has 0 saturated heterocycles. The average Bonchev–Trinajstić information content (AvgIpc) is 2.54. The van der Waals surface area contributed by atoms with Gasteiger partial charge in [0.25, 0.3) is 0 Å². The average molecular weight is 188 g/mol. The molecule has 1 N–H and O–H groups in total. The molecule has 0 unspecified atom stereocenters. The van der Waals surface area contributed by atoms with Crippen molar-refractivity contribution >= 4 is 0 Å². The third kappa shape index (κ3) is 0.795. The molecule has 3 aliphatic rings. The van der Waals surface area contributed by atoms with Gasteiger partial charge in [-0.05, 0) is 12.8 Å². The van der Waals surface area contributed by atoms with Gasteiger partial charge in [0.2, 0.25) is 0 Å². The van der Waals surface area contributed by atoms with Crippen molar-refractivity contribution in [1.82, 2.24) is 0 Å². The standard InChI is InChI=1S/C13H16O/c14-11-5-10-12-6-1-3-8-13(11,12)9-4-2-7-12/h1,3,5-6,8,10-11,14H,2,4,7,9H2/t11-,12+,13-/m0/s1. The molecule has 0 spiro atoms. The fraction of sp³-hybridized carbons (Fsp3) is 0.538. The first-order chi connectivity index (χ1) is 6.79. The van der Waals surface area contributed by atoms with Gasteiger partial charge in [-0.15, -0.1) is 0 Å². The van der Waals surface area contributed by atoms with Crippen molar-refractivity contribution in [3.63, 3.8) is 0 Å². The summed E-state index contributed by atoms with van der Waals surface area (Å²) in [6, 6.07) is 0. The van der Waals surface area contributed by atoms with Crippen molar-refractivity contribution in [3.05, 3.63) is 36.5 Å². The molecule has 3 rings (SSSR count). The molecule has 1 heteroatoms. The zero-order valence-electron chi connectivity index (χ0n) is 8.32. The highest BCUT2D eigenvalue weighted by Crippen LogP contribution is 2.60. The minimum atomic E-state index is -0.274. The van der Waals surface area contributed by atoms with Gasteiger partial charge in [-0.1, -0.05) is 49.3 Å². The molecular weight excluding hydrogens is 172 g/mol. The molecule has 0 heterocycles. The van der Waals surface area contributed by atoms with E-state index in [4.69, 9.17) is 0 Å². The second kappa shape index (κ2) is 2.60. The zero-order chi connectivity index (χ0) is 9.65. The second-order valence-corrected chi connectivity index (χ2v) is 4.81. The maximum atomic E-state index is 10.1. The van der Waals surface area contributed by atoms with Gasteiger partial charge in [0.1, 0.15) is 0 Å². The summed E-state index contributed by atoms with van der Waals surface area (Å²) in [4.78, 5) is 0. The Labute approximate surface area is 84.8 Å². The van der Waals surface area contributed by atoms with E-state index in [9.17, 15) is 5.11 Å². The molecule has 3 atom stereocenters. The van der Waals surface area contributed by atoms with Crippen molar-refractivity contribution in [2.45, 2.75) is 31.8 Å². The summed E-state index contributed by atoms with van der Waals surface area (Å²) < 4.78 is 0. The summed E-state index contributed by atoms with van der Waals surface area (Å²) in [5, 5.41) is 10.1. The molecule has 3 aliphatic carbocycles. The Morgan fingerprint density at radius 1 is 1.00 bits per heavy atom. The van der Waals surface area contributed by atoms with Crippen LogP contribution in [0.25, 0.3) is 0 Å². The number of aliphatic hydroxyl groups excluding tert-OH is 1. The van der Waals surface area contributed by atoms with Gasteiger partial charge in [-0.3, -0.25) is 0 Å². The van der Waals surface area contributed by atoms with Gasteiger partial charge in [0.15, 0.2) is 0 Å². The first-order valence-corrected chi connectivity index (χ1v) is 5.54. The first-order valence-electron chi connectivity index (χ1n) is 5.54. The van der Waals surface area contributed by atoms with E-state index in [1.54, 1.807) is 0 Å². The number of aliphatic hydroxyl groups is 1. The smallest absolute Gasteiger partial charge is 0.0823 e. The predicted molar refractivity (Wildman–Crippen MR) is 56.8 cm³/mol. The van der Waals surface area contributed by atoms with E-state index in [0.717, 1.165) is 6.42 Å². The third-order valence-corrected chi connectivity index (χ3v) is 4.30. The maximum absolute atomic E-state index is 10.1. The van der Waals surface area contributed by atoms with E-state index in [1.165, 1.54) is 19.3 Å². The number of allylic oxidation sites excluding steroid dienone is 4. The molecule has 0 aromatic heterocycles. The van der Waals surface area contributed by atoms with Crippen LogP contribution in [0.1, 0.15) is 25.7 Å². The third-order valence-electron chi connectivity index (χ3n) is 4.30. The lowest BCUT2D eigenvalue weighted by molar-refractivity contribution is 0.0181. The van der Waals surface area contributed by atoms with Gasteiger partial charge in [-0.25, -0.2) is 0 Å². The van der Waals surface area contributed by atoms with Gasteiger partial charge in [0.05, 0.1) is 6.10 Å². The fourth-order valence-corrected chi connectivity index (χ4v) is 3.48. The van der Waals surface area contributed by atoms with Crippen LogP contribution in [0.3, 0.4) is 0 Å². The van der Waals surface area contributed by atoms with Gasteiger partial charge >= 0.3 is 0 Å². The SMILES string of the molecule is O[C@H]1C=C[C@]23C=CC=C[C@]12CCCC3. The summed E-state index contributed by atoms with van der Waals surface area (Å²) in [6.45, 7) is 0. The summed E-state index contributed by atoms with van der Waals surface area (Å²) in [5.74, 6) is 0. The van der Waals surface area contributed by atoms with Gasteiger partial charge in [-0.2, -0.15) is 0 Å². The highest BCUT2D eigenvalue weighted by molar-refractivity contribution is 5.39. The summed E-state index contributed by atoms with van der Waals surface area (Å²) >= 11 is 0. The van der Waals surface area contributed by atoms with Crippen LogP contribution < -0.4 is 0 Å². The van der Waals surface area contributed by atoms with E-state index in [-0.39, 0.29) is 16.9 Å². The van der Waals surface area contributed by atoms with Crippen LogP contribution in [-0.4, -0.2) is 11.2 Å². The van der Waals surface area contributed by atoms with Crippen LogP contribution in [0.2, 0.25) is 0 Å². The molecule has 0 aliphatic heterocycles. The minimum absolute atomic E-state index is 0. The summed E-state index contributed by atoms with van der Waals surface area (Å²) in [5.41, 5.74) is 0.138. The molecule has 1 fully saturated rings. The van der Waals surface area contributed by atoms with Crippen molar-refractivity contribution in [1.29, 1.82) is 0 Å². The Kier molecular flexibility index (Phi) is 1.58. The van der Waals surface area contributed by atoms with Crippen molar-refractivity contribution < 1.29 is 5.11 Å². The molecule has 0 aromatic rings. The lowest BCUT2D eigenvalue weighted by Crippen LogP contribution is -2.45. The molecule has 1 saturated carbocycles. The molecule has 0 radical (unpaired) electrons.